The van der Waals surface area contributed by atoms with Gasteiger partial charge in [0.15, 0.2) is 0 Å². The van der Waals surface area contributed by atoms with E-state index in [0.717, 1.165) is 44.1 Å². The van der Waals surface area contributed by atoms with Crippen LogP contribution in [-0.2, 0) is 5.41 Å². The first-order chi connectivity index (χ1) is 27.0. The lowest BCUT2D eigenvalue weighted by Crippen LogP contribution is -2.20. The molecule has 260 valence electrons. The third kappa shape index (κ3) is 4.66. The topological polar surface area (TPSA) is 26.9 Å². The first kappa shape index (κ1) is 31.5. The molecule has 10 aromatic rings. The summed E-state index contributed by atoms with van der Waals surface area (Å²) in [5.41, 5.74) is 14.7. The monoisotopic (exact) mass is 704 g/mol. The van der Waals surface area contributed by atoms with Gasteiger partial charge in [-0.15, -0.1) is 0 Å². The minimum atomic E-state index is -0.187. The molecule has 0 radical (unpaired) electrons. The quantitative estimate of drug-likeness (QED) is 0.168. The number of hydrogen-bond acceptors (Lipinski definition) is 1. The van der Waals surface area contributed by atoms with Crippen molar-refractivity contribution in [3.63, 3.8) is 0 Å². The van der Waals surface area contributed by atoms with E-state index in [9.17, 15) is 4.79 Å². The number of rotatable bonds is 4. The first-order valence-electron chi connectivity index (χ1n) is 19.0. The Bertz CT molecular complexity index is 3130. The van der Waals surface area contributed by atoms with E-state index in [1.807, 2.05) is 22.8 Å². The summed E-state index contributed by atoms with van der Waals surface area (Å²) in [5, 5.41) is 5.18. The smallest absolute Gasteiger partial charge is 0.263 e. The van der Waals surface area contributed by atoms with Crippen molar-refractivity contribution >= 4 is 43.5 Å². The summed E-state index contributed by atoms with van der Waals surface area (Å²) in [7, 11) is 0. The average Bonchev–Trinajstić information content (AvgIpc) is 3.68. The van der Waals surface area contributed by atoms with Crippen molar-refractivity contribution in [2.45, 2.75) is 19.3 Å². The maximum atomic E-state index is 14.5. The number of pyridine rings is 1. The van der Waals surface area contributed by atoms with E-state index in [4.69, 9.17) is 0 Å². The third-order valence-electron chi connectivity index (χ3n) is 11.9. The van der Waals surface area contributed by atoms with Gasteiger partial charge in [-0.25, -0.2) is 0 Å². The Morgan fingerprint density at radius 1 is 0.364 bits per heavy atom. The largest absolute Gasteiger partial charge is 0.309 e. The Morgan fingerprint density at radius 3 is 1.49 bits per heavy atom. The first-order valence-corrected chi connectivity index (χ1v) is 19.0. The molecule has 11 rings (SSSR count). The summed E-state index contributed by atoms with van der Waals surface area (Å²) in [6.07, 6.45) is 0. The predicted molar refractivity (Wildman–Crippen MR) is 230 cm³/mol. The van der Waals surface area contributed by atoms with Gasteiger partial charge < -0.3 is 4.57 Å². The molecule has 3 nitrogen and oxygen atoms in total. The molecule has 0 amide bonds. The zero-order valence-electron chi connectivity index (χ0n) is 30.6. The summed E-state index contributed by atoms with van der Waals surface area (Å²) in [6, 6.07) is 64.6. The van der Waals surface area contributed by atoms with Gasteiger partial charge in [-0.05, 0) is 117 Å². The lowest BCUT2D eigenvalue weighted by molar-refractivity contribution is 0.661. The molecule has 0 unspecified atom stereocenters. The SMILES string of the molecule is CC1(C)c2ccccc2-c2cc3c4ccccc4c(=O)n(-c4ccc(-n5c6ccc(-c7ccccc7)cc6c6cc(-c7ccccc7)ccc65)cc4)c3cc21. The van der Waals surface area contributed by atoms with Gasteiger partial charge >= 0.3 is 0 Å². The highest BCUT2D eigenvalue weighted by molar-refractivity contribution is 6.12. The van der Waals surface area contributed by atoms with Crippen LogP contribution in [0.4, 0.5) is 0 Å². The number of fused-ring (bicyclic) bond motifs is 9. The summed E-state index contributed by atoms with van der Waals surface area (Å²) in [4.78, 5) is 14.5. The molecule has 0 fully saturated rings. The highest BCUT2D eigenvalue weighted by atomic mass is 16.1. The van der Waals surface area contributed by atoms with E-state index in [1.165, 1.54) is 55.3 Å². The van der Waals surface area contributed by atoms with Crippen LogP contribution in [0.25, 0.3) is 88.2 Å². The molecule has 3 heteroatoms. The second-order valence-electron chi connectivity index (χ2n) is 15.3. The van der Waals surface area contributed by atoms with Crippen molar-refractivity contribution in [2.24, 2.45) is 0 Å². The van der Waals surface area contributed by atoms with Gasteiger partial charge in [0.2, 0.25) is 0 Å². The Morgan fingerprint density at radius 2 is 0.873 bits per heavy atom. The number of nitrogens with zero attached hydrogens (tertiary/aromatic N) is 2. The zero-order valence-corrected chi connectivity index (χ0v) is 30.6. The molecular formula is C52H36N2O. The van der Waals surface area contributed by atoms with Crippen molar-refractivity contribution in [3.05, 3.63) is 203 Å². The molecular weight excluding hydrogens is 669 g/mol. The number of hydrogen-bond donors (Lipinski definition) is 0. The maximum Gasteiger partial charge on any atom is 0.263 e. The predicted octanol–water partition coefficient (Wildman–Crippen LogP) is 12.9. The van der Waals surface area contributed by atoms with Gasteiger partial charge in [0.1, 0.15) is 0 Å². The Kier molecular flexibility index (Phi) is 6.75. The lowest BCUT2D eigenvalue weighted by atomic mass is 9.82. The molecule has 0 saturated heterocycles. The fraction of sp³-hybridized carbons (Fsp3) is 0.0577. The summed E-state index contributed by atoms with van der Waals surface area (Å²) >= 11 is 0. The lowest BCUT2D eigenvalue weighted by Gasteiger charge is -2.23. The number of aromatic nitrogens is 2. The van der Waals surface area contributed by atoms with Gasteiger partial charge in [-0.3, -0.25) is 9.36 Å². The molecule has 2 heterocycles. The van der Waals surface area contributed by atoms with Crippen LogP contribution in [0.3, 0.4) is 0 Å². The fourth-order valence-corrected chi connectivity index (χ4v) is 9.20. The Balaban J connectivity index is 1.12. The van der Waals surface area contributed by atoms with Crippen molar-refractivity contribution in [1.82, 2.24) is 9.13 Å². The molecule has 0 atom stereocenters. The standard InChI is InChI=1S/C52H36N2O/c1-52(2)46-20-12-11-18-40(46)42-31-45-39-17-9-10-19-41(39)51(55)54(50(45)32-47(42)52)38-25-23-37(24-26-38)53-48-27-21-35(33-13-5-3-6-14-33)29-43(48)44-30-36(22-28-49(44)53)34-15-7-4-8-16-34/h3-32H,1-2H3. The van der Waals surface area contributed by atoms with Gasteiger partial charge in [0.25, 0.3) is 5.56 Å². The summed E-state index contributed by atoms with van der Waals surface area (Å²) in [5.74, 6) is 0. The average molecular weight is 705 g/mol. The van der Waals surface area contributed by atoms with Crippen LogP contribution in [-0.4, -0.2) is 9.13 Å². The highest BCUT2D eigenvalue weighted by Crippen LogP contribution is 2.50. The van der Waals surface area contributed by atoms with E-state index >= 15 is 0 Å². The molecule has 0 N–H and O–H groups in total. The molecule has 0 bridgehead atoms. The Labute approximate surface area is 319 Å². The fourth-order valence-electron chi connectivity index (χ4n) is 9.20. The van der Waals surface area contributed by atoms with Crippen LogP contribution in [0.15, 0.2) is 187 Å². The van der Waals surface area contributed by atoms with E-state index in [-0.39, 0.29) is 11.0 Å². The van der Waals surface area contributed by atoms with E-state index in [2.05, 4.69) is 182 Å². The molecule has 55 heavy (non-hydrogen) atoms. The van der Waals surface area contributed by atoms with E-state index in [0.29, 0.717) is 0 Å². The third-order valence-corrected chi connectivity index (χ3v) is 11.9. The van der Waals surface area contributed by atoms with Crippen molar-refractivity contribution < 1.29 is 0 Å². The van der Waals surface area contributed by atoms with Crippen LogP contribution in [0.1, 0.15) is 25.0 Å². The second kappa shape index (κ2) is 11.8. The molecule has 1 aliphatic carbocycles. The molecule has 1 aliphatic rings. The molecule has 0 spiro atoms. The highest BCUT2D eigenvalue weighted by Gasteiger charge is 2.36. The molecule has 0 saturated carbocycles. The zero-order chi connectivity index (χ0) is 36.8. The van der Waals surface area contributed by atoms with Gasteiger partial charge in [-0.2, -0.15) is 0 Å². The molecule has 2 aromatic heterocycles. The van der Waals surface area contributed by atoms with Crippen molar-refractivity contribution in [2.75, 3.05) is 0 Å². The van der Waals surface area contributed by atoms with Crippen molar-refractivity contribution in [3.8, 4) is 44.8 Å². The van der Waals surface area contributed by atoms with Gasteiger partial charge in [0, 0.05) is 38.3 Å². The van der Waals surface area contributed by atoms with Crippen LogP contribution < -0.4 is 5.56 Å². The minimum Gasteiger partial charge on any atom is -0.309 e. The van der Waals surface area contributed by atoms with Crippen LogP contribution in [0.2, 0.25) is 0 Å². The normalized spacial score (nSPS) is 13.1. The van der Waals surface area contributed by atoms with Crippen LogP contribution in [0.5, 0.6) is 0 Å². The van der Waals surface area contributed by atoms with Gasteiger partial charge in [0.05, 0.1) is 16.6 Å². The van der Waals surface area contributed by atoms with Crippen LogP contribution in [0, 0.1) is 0 Å². The van der Waals surface area contributed by atoms with E-state index < -0.39 is 0 Å². The van der Waals surface area contributed by atoms with Crippen molar-refractivity contribution in [1.29, 1.82) is 0 Å². The maximum absolute atomic E-state index is 14.5. The Hall–Kier alpha value is -6.97. The molecule has 8 aromatic carbocycles. The van der Waals surface area contributed by atoms with Crippen LogP contribution >= 0.6 is 0 Å². The molecule has 0 aliphatic heterocycles. The second-order valence-corrected chi connectivity index (χ2v) is 15.3. The minimum absolute atomic E-state index is 0.0112. The summed E-state index contributed by atoms with van der Waals surface area (Å²) in [6.45, 7) is 4.58. The number of benzene rings is 8. The summed E-state index contributed by atoms with van der Waals surface area (Å²) < 4.78 is 4.27. The van der Waals surface area contributed by atoms with E-state index in [1.54, 1.807) is 0 Å². The van der Waals surface area contributed by atoms with Gasteiger partial charge in [-0.1, -0.05) is 129 Å².